The van der Waals surface area contributed by atoms with E-state index in [0.717, 1.165) is 0 Å². The average molecular weight is 283 g/mol. The molecular formula is C11H8BrFN2O. The molecule has 0 amide bonds. The summed E-state index contributed by atoms with van der Waals surface area (Å²) in [6, 6.07) is 4.35. The second-order valence-electron chi connectivity index (χ2n) is 3.29. The van der Waals surface area contributed by atoms with Crippen LogP contribution in [0.2, 0.25) is 0 Å². The van der Waals surface area contributed by atoms with Crippen molar-refractivity contribution in [1.29, 1.82) is 0 Å². The summed E-state index contributed by atoms with van der Waals surface area (Å²) < 4.78 is 15.0. The number of imidazole rings is 1. The topological polar surface area (TPSA) is 34.9 Å². The van der Waals surface area contributed by atoms with Crippen LogP contribution >= 0.6 is 15.9 Å². The van der Waals surface area contributed by atoms with E-state index in [9.17, 15) is 9.18 Å². The molecule has 0 fully saturated rings. The summed E-state index contributed by atoms with van der Waals surface area (Å²) in [6.45, 7) is 0. The van der Waals surface area contributed by atoms with Crippen molar-refractivity contribution in [3.8, 4) is 0 Å². The quantitative estimate of drug-likeness (QED) is 0.794. The maximum absolute atomic E-state index is 13.3. The van der Waals surface area contributed by atoms with Crippen molar-refractivity contribution >= 4 is 21.7 Å². The van der Waals surface area contributed by atoms with Crippen molar-refractivity contribution in [2.45, 2.75) is 0 Å². The lowest BCUT2D eigenvalue weighted by molar-refractivity contribution is 0.102. The second kappa shape index (κ2) is 4.17. The smallest absolute Gasteiger partial charge is 0.229 e. The Bertz CT molecular complexity index is 551. The van der Waals surface area contributed by atoms with Crippen LogP contribution in [0.15, 0.2) is 35.1 Å². The van der Waals surface area contributed by atoms with Crippen molar-refractivity contribution in [2.75, 3.05) is 0 Å². The number of nitrogens with zero attached hydrogens (tertiary/aromatic N) is 2. The molecule has 1 heterocycles. The van der Waals surface area contributed by atoms with Crippen LogP contribution < -0.4 is 0 Å². The van der Waals surface area contributed by atoms with Crippen molar-refractivity contribution in [1.82, 2.24) is 9.55 Å². The van der Waals surface area contributed by atoms with Gasteiger partial charge in [-0.05, 0) is 28.1 Å². The fourth-order valence-electron chi connectivity index (χ4n) is 1.38. The normalized spacial score (nSPS) is 10.4. The third kappa shape index (κ3) is 1.78. The summed E-state index contributed by atoms with van der Waals surface area (Å²) in [7, 11) is 1.72. The van der Waals surface area contributed by atoms with E-state index in [-0.39, 0.29) is 21.6 Å². The summed E-state index contributed by atoms with van der Waals surface area (Å²) in [4.78, 5) is 16.0. The average Bonchev–Trinajstić information content (AvgIpc) is 2.68. The number of ketones is 1. The van der Waals surface area contributed by atoms with Crippen LogP contribution in [0.3, 0.4) is 0 Å². The van der Waals surface area contributed by atoms with Gasteiger partial charge in [-0.15, -0.1) is 0 Å². The molecule has 1 aromatic heterocycles. The minimum Gasteiger partial charge on any atom is -0.331 e. The molecule has 5 heteroatoms. The van der Waals surface area contributed by atoms with Crippen molar-refractivity contribution in [2.24, 2.45) is 7.05 Å². The predicted molar refractivity (Wildman–Crippen MR) is 60.7 cm³/mol. The Labute approximate surface area is 100 Å². The van der Waals surface area contributed by atoms with Gasteiger partial charge in [-0.25, -0.2) is 9.37 Å². The molecule has 0 aliphatic heterocycles. The van der Waals surface area contributed by atoms with Gasteiger partial charge in [0.15, 0.2) is 5.82 Å². The number of benzene rings is 1. The molecule has 0 spiro atoms. The zero-order valence-corrected chi connectivity index (χ0v) is 10.0. The first-order chi connectivity index (χ1) is 7.61. The number of rotatable bonds is 2. The highest BCUT2D eigenvalue weighted by molar-refractivity contribution is 9.10. The standard InChI is InChI=1S/C11H8BrFN2O/c1-15-6-5-14-11(15)10(16)7-3-2-4-8(13)9(7)12/h2-6H,1H3. The Morgan fingerprint density at radius 3 is 2.88 bits per heavy atom. The lowest BCUT2D eigenvalue weighted by atomic mass is 10.1. The summed E-state index contributed by atoms with van der Waals surface area (Å²) in [6.07, 6.45) is 3.20. The van der Waals surface area contributed by atoms with Gasteiger partial charge in [0.05, 0.1) is 4.47 Å². The Morgan fingerprint density at radius 1 is 1.50 bits per heavy atom. The fourth-order valence-corrected chi connectivity index (χ4v) is 1.83. The van der Waals surface area contributed by atoms with Gasteiger partial charge in [-0.2, -0.15) is 0 Å². The molecular weight excluding hydrogens is 275 g/mol. The Balaban J connectivity index is 2.50. The van der Waals surface area contributed by atoms with Crippen molar-refractivity contribution < 1.29 is 9.18 Å². The largest absolute Gasteiger partial charge is 0.331 e. The number of halogens is 2. The third-order valence-electron chi connectivity index (χ3n) is 2.22. The molecule has 0 unspecified atom stereocenters. The molecule has 0 aliphatic rings. The van der Waals surface area contributed by atoms with E-state index >= 15 is 0 Å². The lowest BCUT2D eigenvalue weighted by Gasteiger charge is -2.04. The molecule has 2 rings (SSSR count). The highest BCUT2D eigenvalue weighted by Crippen LogP contribution is 2.22. The van der Waals surface area contributed by atoms with Crippen molar-refractivity contribution in [3.05, 3.63) is 52.3 Å². The Hall–Kier alpha value is -1.49. The number of hydrogen-bond acceptors (Lipinski definition) is 2. The molecule has 1 aromatic carbocycles. The first-order valence-corrected chi connectivity index (χ1v) is 5.36. The van der Waals surface area contributed by atoms with Crippen LogP contribution in [0.1, 0.15) is 16.2 Å². The predicted octanol–water partition coefficient (Wildman–Crippen LogP) is 2.55. The van der Waals surface area contributed by atoms with Crippen LogP contribution in [-0.4, -0.2) is 15.3 Å². The van der Waals surface area contributed by atoms with E-state index in [1.54, 1.807) is 23.9 Å². The first kappa shape index (κ1) is 11.0. The van der Waals surface area contributed by atoms with E-state index in [0.29, 0.717) is 0 Å². The summed E-state index contributed by atoms with van der Waals surface area (Å²) in [5.41, 5.74) is 0.272. The highest BCUT2D eigenvalue weighted by atomic mass is 79.9. The molecule has 82 valence electrons. The molecule has 0 radical (unpaired) electrons. The van der Waals surface area contributed by atoms with Crippen LogP contribution in [-0.2, 0) is 7.05 Å². The van der Waals surface area contributed by atoms with E-state index in [1.807, 2.05) is 0 Å². The van der Waals surface area contributed by atoms with E-state index in [2.05, 4.69) is 20.9 Å². The molecule has 16 heavy (non-hydrogen) atoms. The molecule has 0 N–H and O–H groups in total. The minimum atomic E-state index is -0.458. The maximum Gasteiger partial charge on any atom is 0.229 e. The van der Waals surface area contributed by atoms with Crippen molar-refractivity contribution in [3.63, 3.8) is 0 Å². The first-order valence-electron chi connectivity index (χ1n) is 4.57. The van der Waals surface area contributed by atoms with Gasteiger partial charge in [0.25, 0.3) is 0 Å². The maximum atomic E-state index is 13.3. The summed E-state index contributed by atoms with van der Waals surface area (Å²) >= 11 is 3.06. The highest BCUT2D eigenvalue weighted by Gasteiger charge is 2.18. The second-order valence-corrected chi connectivity index (χ2v) is 4.09. The van der Waals surface area contributed by atoms with Crippen LogP contribution in [0.5, 0.6) is 0 Å². The van der Waals surface area contributed by atoms with Gasteiger partial charge in [0, 0.05) is 25.0 Å². The van der Waals surface area contributed by atoms with Gasteiger partial charge < -0.3 is 4.57 Å². The molecule has 3 nitrogen and oxygen atoms in total. The Kier molecular flexibility index (Phi) is 2.87. The van der Waals surface area contributed by atoms with Gasteiger partial charge >= 0.3 is 0 Å². The molecule has 0 atom stereocenters. The summed E-state index contributed by atoms with van der Waals surface area (Å²) in [5.74, 6) is -0.481. The fraction of sp³-hybridized carbons (Fsp3) is 0.0909. The van der Waals surface area contributed by atoms with E-state index in [1.165, 1.54) is 18.3 Å². The zero-order chi connectivity index (χ0) is 11.7. The van der Waals surface area contributed by atoms with Gasteiger partial charge in [0.2, 0.25) is 5.78 Å². The van der Waals surface area contributed by atoms with Gasteiger partial charge in [0.1, 0.15) is 5.82 Å². The van der Waals surface area contributed by atoms with Gasteiger partial charge in [-0.3, -0.25) is 4.79 Å². The molecule has 2 aromatic rings. The minimum absolute atomic E-state index is 0.169. The Morgan fingerprint density at radius 2 is 2.25 bits per heavy atom. The number of carbonyl (C=O) groups is 1. The van der Waals surface area contributed by atoms with Crippen LogP contribution in [0.4, 0.5) is 4.39 Å². The molecule has 0 saturated heterocycles. The monoisotopic (exact) mass is 282 g/mol. The third-order valence-corrected chi connectivity index (χ3v) is 3.03. The van der Waals surface area contributed by atoms with E-state index < -0.39 is 5.82 Å². The van der Waals surface area contributed by atoms with E-state index in [4.69, 9.17) is 0 Å². The van der Waals surface area contributed by atoms with Crippen LogP contribution in [0.25, 0.3) is 0 Å². The number of hydrogen-bond donors (Lipinski definition) is 0. The number of carbonyl (C=O) groups excluding carboxylic acids is 1. The van der Waals surface area contributed by atoms with Gasteiger partial charge in [-0.1, -0.05) is 6.07 Å². The molecule has 0 aliphatic carbocycles. The molecule has 0 bridgehead atoms. The molecule has 0 saturated carbocycles. The summed E-state index contributed by atoms with van der Waals surface area (Å²) in [5, 5.41) is 0. The zero-order valence-electron chi connectivity index (χ0n) is 8.45. The lowest BCUT2D eigenvalue weighted by Crippen LogP contribution is -2.09. The number of aromatic nitrogens is 2. The van der Waals surface area contributed by atoms with Crippen LogP contribution in [0, 0.1) is 5.82 Å². The SMILES string of the molecule is Cn1ccnc1C(=O)c1cccc(F)c1Br. The number of aryl methyl sites for hydroxylation is 1.